The lowest BCUT2D eigenvalue weighted by Crippen LogP contribution is -1.94. The molecule has 0 aliphatic rings. The molecule has 0 amide bonds. The maximum atomic E-state index is 8.91. The van der Waals surface area contributed by atoms with E-state index in [4.69, 9.17) is 26.3 Å². The number of hydrogen-bond acceptors (Lipinski definition) is 5. The number of thiazole rings is 1. The number of imidazole rings is 1. The molecule has 0 radical (unpaired) electrons. The predicted molar refractivity (Wildman–Crippen MR) is 80.4 cm³/mol. The van der Waals surface area contributed by atoms with Crippen molar-refractivity contribution >= 4 is 27.9 Å². The molecule has 2 aromatic heterocycles. The first-order valence-electron chi connectivity index (χ1n) is 6.03. The van der Waals surface area contributed by atoms with Crippen LogP contribution in [0.5, 0.6) is 17.4 Å². The second-order valence-corrected chi connectivity index (χ2v) is 5.27. The highest BCUT2D eigenvalue weighted by Gasteiger charge is 2.16. The molecule has 0 N–H and O–H groups in total. The monoisotopic (exact) mass is 319 g/mol. The molecule has 0 saturated carbocycles. The summed E-state index contributed by atoms with van der Waals surface area (Å²) in [5, 5.41) is 10.8. The number of nitriles is 1. The van der Waals surface area contributed by atoms with Gasteiger partial charge < -0.3 is 9.47 Å². The number of aromatic nitrogens is 2. The molecule has 3 rings (SSSR count). The second-order valence-electron chi connectivity index (χ2n) is 4.13. The Kier molecular flexibility index (Phi) is 3.69. The quantitative estimate of drug-likeness (QED) is 0.686. The van der Waals surface area contributed by atoms with E-state index in [0.717, 1.165) is 10.7 Å². The van der Waals surface area contributed by atoms with Crippen LogP contribution in [-0.4, -0.2) is 16.5 Å². The summed E-state index contributed by atoms with van der Waals surface area (Å²) in [5.41, 5.74) is 1.28. The van der Waals surface area contributed by atoms with Crippen LogP contribution in [0.2, 0.25) is 0 Å². The molecule has 0 atom stereocenters. The number of fused-ring (bicyclic) bond motifs is 1. The fourth-order valence-corrected chi connectivity index (χ4v) is 2.91. The zero-order valence-corrected chi connectivity index (χ0v) is 12.6. The normalized spacial score (nSPS) is 10.5. The largest absolute Gasteiger partial charge is 0.493 e. The SMILES string of the molecule is COc1cc(C#N)ccc1Oc1nc2sccn2c1CCl. The van der Waals surface area contributed by atoms with Gasteiger partial charge in [0.1, 0.15) is 5.69 Å². The maximum Gasteiger partial charge on any atom is 0.243 e. The average Bonchev–Trinajstić information content (AvgIpc) is 3.08. The molecule has 7 heteroatoms. The Labute approximate surface area is 129 Å². The highest BCUT2D eigenvalue weighted by atomic mass is 35.5. The molecule has 0 aliphatic carbocycles. The molecule has 106 valence electrons. The van der Waals surface area contributed by atoms with Gasteiger partial charge in [-0.05, 0) is 12.1 Å². The zero-order valence-electron chi connectivity index (χ0n) is 11.0. The van der Waals surface area contributed by atoms with Gasteiger partial charge in [-0.3, -0.25) is 4.40 Å². The molecule has 21 heavy (non-hydrogen) atoms. The van der Waals surface area contributed by atoms with Crippen molar-refractivity contribution in [2.45, 2.75) is 5.88 Å². The highest BCUT2D eigenvalue weighted by molar-refractivity contribution is 7.15. The fourth-order valence-electron chi connectivity index (χ4n) is 1.94. The van der Waals surface area contributed by atoms with Crippen molar-refractivity contribution in [2.75, 3.05) is 7.11 Å². The van der Waals surface area contributed by atoms with Crippen molar-refractivity contribution in [1.82, 2.24) is 9.38 Å². The van der Waals surface area contributed by atoms with Gasteiger partial charge in [0.15, 0.2) is 16.5 Å². The van der Waals surface area contributed by atoms with E-state index < -0.39 is 0 Å². The standard InChI is InChI=1S/C14H10ClN3O2S/c1-19-12-6-9(8-16)2-3-11(12)20-13-10(7-15)18-4-5-21-14(18)17-13/h2-6H,7H2,1H3. The van der Waals surface area contributed by atoms with Crippen molar-refractivity contribution in [1.29, 1.82) is 5.26 Å². The van der Waals surface area contributed by atoms with E-state index in [1.54, 1.807) is 18.2 Å². The minimum atomic E-state index is 0.284. The van der Waals surface area contributed by atoms with Crippen molar-refractivity contribution in [2.24, 2.45) is 0 Å². The van der Waals surface area contributed by atoms with Crippen LogP contribution >= 0.6 is 22.9 Å². The summed E-state index contributed by atoms with van der Waals surface area (Å²) in [5.74, 6) is 1.70. The van der Waals surface area contributed by atoms with Crippen molar-refractivity contribution < 1.29 is 9.47 Å². The number of ether oxygens (including phenoxy) is 2. The second kappa shape index (κ2) is 5.64. The summed E-state index contributed by atoms with van der Waals surface area (Å²) in [6.45, 7) is 0. The molecule has 0 unspecified atom stereocenters. The first-order chi connectivity index (χ1) is 10.3. The van der Waals surface area contributed by atoms with E-state index in [-0.39, 0.29) is 5.88 Å². The molecular weight excluding hydrogens is 310 g/mol. The maximum absolute atomic E-state index is 8.91. The Hall–Kier alpha value is -2.23. The fraction of sp³-hybridized carbons (Fsp3) is 0.143. The molecule has 1 aromatic carbocycles. The minimum absolute atomic E-state index is 0.284. The van der Waals surface area contributed by atoms with Gasteiger partial charge in [-0.2, -0.15) is 10.2 Å². The van der Waals surface area contributed by atoms with Crippen LogP contribution in [0.4, 0.5) is 0 Å². The van der Waals surface area contributed by atoms with E-state index in [2.05, 4.69) is 11.1 Å². The molecular formula is C14H10ClN3O2S. The van der Waals surface area contributed by atoms with Crippen LogP contribution in [0.3, 0.4) is 0 Å². The summed E-state index contributed by atoms with van der Waals surface area (Å²) >= 11 is 7.49. The molecule has 5 nitrogen and oxygen atoms in total. The van der Waals surface area contributed by atoms with Gasteiger partial charge in [-0.25, -0.2) is 0 Å². The summed E-state index contributed by atoms with van der Waals surface area (Å²) in [6.07, 6.45) is 1.90. The number of nitrogens with zero attached hydrogens (tertiary/aromatic N) is 3. The first-order valence-corrected chi connectivity index (χ1v) is 7.44. The van der Waals surface area contributed by atoms with Gasteiger partial charge in [-0.15, -0.1) is 22.9 Å². The van der Waals surface area contributed by atoms with Crippen molar-refractivity contribution in [3.8, 4) is 23.4 Å². The smallest absolute Gasteiger partial charge is 0.243 e. The van der Waals surface area contributed by atoms with Crippen LogP contribution in [0.15, 0.2) is 29.8 Å². The van der Waals surface area contributed by atoms with E-state index in [1.165, 1.54) is 18.4 Å². The van der Waals surface area contributed by atoms with Gasteiger partial charge >= 0.3 is 0 Å². The van der Waals surface area contributed by atoms with E-state index in [9.17, 15) is 0 Å². The molecule has 0 saturated heterocycles. The lowest BCUT2D eigenvalue weighted by Gasteiger charge is -2.09. The molecule has 3 aromatic rings. The third kappa shape index (κ3) is 2.42. The van der Waals surface area contributed by atoms with Crippen LogP contribution in [0.25, 0.3) is 4.96 Å². The van der Waals surface area contributed by atoms with E-state index in [1.807, 2.05) is 16.0 Å². The van der Waals surface area contributed by atoms with Crippen LogP contribution in [-0.2, 0) is 5.88 Å². The number of benzene rings is 1. The first kappa shape index (κ1) is 13.7. The number of halogens is 1. The molecule has 0 fully saturated rings. The number of alkyl halides is 1. The number of methoxy groups -OCH3 is 1. The Morgan fingerprint density at radius 2 is 2.29 bits per heavy atom. The van der Waals surface area contributed by atoms with Gasteiger partial charge in [0.05, 0.1) is 24.6 Å². The van der Waals surface area contributed by atoms with Crippen LogP contribution in [0, 0.1) is 11.3 Å². The third-order valence-electron chi connectivity index (χ3n) is 2.95. The lowest BCUT2D eigenvalue weighted by molar-refractivity contribution is 0.373. The molecule has 2 heterocycles. The van der Waals surface area contributed by atoms with Crippen molar-refractivity contribution in [3.05, 3.63) is 41.0 Å². The molecule has 0 aliphatic heterocycles. The summed E-state index contributed by atoms with van der Waals surface area (Å²) in [7, 11) is 1.53. The van der Waals surface area contributed by atoms with Gasteiger partial charge in [0.25, 0.3) is 0 Å². The Balaban J connectivity index is 2.02. The third-order valence-corrected chi connectivity index (χ3v) is 3.96. The summed E-state index contributed by atoms with van der Waals surface area (Å²) in [6, 6.07) is 7.02. The summed E-state index contributed by atoms with van der Waals surface area (Å²) < 4.78 is 13.0. The predicted octanol–water partition coefficient (Wildman–Crippen LogP) is 3.81. The van der Waals surface area contributed by atoms with E-state index >= 15 is 0 Å². The number of hydrogen-bond donors (Lipinski definition) is 0. The van der Waals surface area contributed by atoms with Crippen molar-refractivity contribution in [3.63, 3.8) is 0 Å². The van der Waals surface area contributed by atoms with Gasteiger partial charge in [0.2, 0.25) is 5.88 Å². The number of rotatable bonds is 4. The van der Waals surface area contributed by atoms with Crippen LogP contribution in [0.1, 0.15) is 11.3 Å². The highest BCUT2D eigenvalue weighted by Crippen LogP contribution is 2.34. The minimum Gasteiger partial charge on any atom is -0.493 e. The topological polar surface area (TPSA) is 59.5 Å². The Morgan fingerprint density at radius 1 is 1.43 bits per heavy atom. The Bertz CT molecular complexity index is 834. The lowest BCUT2D eigenvalue weighted by atomic mass is 10.2. The average molecular weight is 320 g/mol. The molecule has 0 bridgehead atoms. The van der Waals surface area contributed by atoms with Gasteiger partial charge in [0, 0.05) is 17.6 Å². The zero-order chi connectivity index (χ0) is 14.8. The summed E-state index contributed by atoms with van der Waals surface area (Å²) in [4.78, 5) is 5.22. The molecule has 0 spiro atoms. The van der Waals surface area contributed by atoms with Crippen LogP contribution < -0.4 is 9.47 Å². The Morgan fingerprint density at radius 3 is 3.00 bits per heavy atom. The van der Waals surface area contributed by atoms with Gasteiger partial charge in [-0.1, -0.05) is 0 Å². The van der Waals surface area contributed by atoms with E-state index in [0.29, 0.717) is 22.9 Å².